The van der Waals surface area contributed by atoms with Crippen molar-refractivity contribution in [1.82, 2.24) is 14.9 Å². The molecular formula is C15H17F3N4O3. The van der Waals surface area contributed by atoms with Gasteiger partial charge in [-0.15, -0.1) is 0 Å². The first kappa shape index (κ1) is 18.7. The summed E-state index contributed by atoms with van der Waals surface area (Å²) in [7, 11) is 0. The van der Waals surface area contributed by atoms with Crippen molar-refractivity contribution < 1.29 is 27.9 Å². The van der Waals surface area contributed by atoms with Crippen LogP contribution in [0.1, 0.15) is 19.7 Å². The van der Waals surface area contributed by atoms with Gasteiger partial charge in [-0.2, -0.15) is 13.2 Å². The smallest absolute Gasteiger partial charge is 0.449 e. The number of rotatable bonds is 6. The Hall–Kier alpha value is -2.62. The molecule has 0 fully saturated rings. The predicted octanol–water partition coefficient (Wildman–Crippen LogP) is 2.32. The molecular weight excluding hydrogens is 341 g/mol. The zero-order chi connectivity index (χ0) is 18.8. The maximum atomic E-state index is 12.6. The van der Waals surface area contributed by atoms with Crippen molar-refractivity contribution in [2.45, 2.75) is 26.1 Å². The molecule has 7 nitrogen and oxygen atoms in total. The number of imidazole rings is 1. The van der Waals surface area contributed by atoms with Crippen LogP contribution in [-0.4, -0.2) is 51.0 Å². The van der Waals surface area contributed by atoms with E-state index >= 15 is 0 Å². The Bertz CT molecular complexity index is 786. The lowest BCUT2D eigenvalue weighted by Crippen LogP contribution is -2.41. The Labute approximate surface area is 140 Å². The van der Waals surface area contributed by atoms with E-state index in [1.54, 1.807) is 13.8 Å². The molecule has 0 aliphatic carbocycles. The lowest BCUT2D eigenvalue weighted by Gasteiger charge is -2.23. The molecule has 0 saturated carbocycles. The number of carboxylic acids is 1. The Balaban J connectivity index is 2.11. The molecule has 0 bridgehead atoms. The number of alkyl halides is 3. The monoisotopic (exact) mass is 358 g/mol. The molecule has 0 spiro atoms. The second kappa shape index (κ2) is 7.09. The topological polar surface area (TPSA) is 98.3 Å². The van der Waals surface area contributed by atoms with Crippen LogP contribution in [0.15, 0.2) is 18.2 Å². The molecule has 2 rings (SSSR count). The molecule has 0 unspecified atom stereocenters. The molecule has 1 amide bonds. The van der Waals surface area contributed by atoms with Gasteiger partial charge in [0.25, 0.3) is 0 Å². The SMILES string of the molecule is CC(C)N(CC(=O)O)CC(=O)Nc1ccc2nc(C(F)(F)F)[nH]c2c1. The van der Waals surface area contributed by atoms with Crippen molar-refractivity contribution in [3.05, 3.63) is 24.0 Å². The highest BCUT2D eigenvalue weighted by Crippen LogP contribution is 2.29. The summed E-state index contributed by atoms with van der Waals surface area (Å²) in [6.07, 6.45) is -4.59. The summed E-state index contributed by atoms with van der Waals surface area (Å²) in [5.74, 6) is -2.64. The molecule has 136 valence electrons. The van der Waals surface area contributed by atoms with E-state index < -0.39 is 23.9 Å². The normalized spacial score (nSPS) is 12.1. The molecule has 0 radical (unpaired) electrons. The van der Waals surface area contributed by atoms with E-state index in [2.05, 4.69) is 15.3 Å². The van der Waals surface area contributed by atoms with Gasteiger partial charge in [0.15, 0.2) is 0 Å². The van der Waals surface area contributed by atoms with E-state index in [4.69, 9.17) is 5.11 Å². The number of aromatic nitrogens is 2. The predicted molar refractivity (Wildman–Crippen MR) is 84.1 cm³/mol. The molecule has 0 atom stereocenters. The van der Waals surface area contributed by atoms with Gasteiger partial charge in [0.1, 0.15) is 0 Å². The van der Waals surface area contributed by atoms with Gasteiger partial charge in [-0.05, 0) is 32.0 Å². The average molecular weight is 358 g/mol. The van der Waals surface area contributed by atoms with Crippen LogP contribution in [0.4, 0.5) is 18.9 Å². The van der Waals surface area contributed by atoms with Crippen molar-refractivity contribution in [3.63, 3.8) is 0 Å². The summed E-state index contributed by atoms with van der Waals surface area (Å²) in [4.78, 5) is 29.9. The lowest BCUT2D eigenvalue weighted by molar-refractivity contribution is -0.144. The zero-order valence-corrected chi connectivity index (χ0v) is 13.5. The van der Waals surface area contributed by atoms with E-state index in [-0.39, 0.29) is 35.9 Å². The number of benzene rings is 1. The number of halogens is 3. The number of nitrogens with zero attached hydrogens (tertiary/aromatic N) is 2. The maximum Gasteiger partial charge on any atom is 0.449 e. The van der Waals surface area contributed by atoms with Crippen LogP contribution in [0.2, 0.25) is 0 Å². The third kappa shape index (κ3) is 4.92. The van der Waals surface area contributed by atoms with E-state index in [0.29, 0.717) is 0 Å². The number of fused-ring (bicyclic) bond motifs is 1. The number of hydrogen-bond acceptors (Lipinski definition) is 4. The van der Waals surface area contributed by atoms with Crippen LogP contribution in [0.5, 0.6) is 0 Å². The quantitative estimate of drug-likeness (QED) is 0.736. The number of anilines is 1. The molecule has 0 aliphatic heterocycles. The third-order valence-corrected chi connectivity index (χ3v) is 3.45. The zero-order valence-electron chi connectivity index (χ0n) is 13.5. The van der Waals surface area contributed by atoms with Crippen LogP contribution < -0.4 is 5.32 Å². The average Bonchev–Trinajstić information content (AvgIpc) is 2.89. The first-order valence-electron chi connectivity index (χ1n) is 7.39. The van der Waals surface area contributed by atoms with Gasteiger partial charge in [-0.1, -0.05) is 0 Å². The molecule has 3 N–H and O–H groups in total. The van der Waals surface area contributed by atoms with E-state index in [1.807, 2.05) is 0 Å². The summed E-state index contributed by atoms with van der Waals surface area (Å²) >= 11 is 0. The Morgan fingerprint density at radius 1 is 1.32 bits per heavy atom. The highest BCUT2D eigenvalue weighted by molar-refractivity contribution is 5.94. The summed E-state index contributed by atoms with van der Waals surface area (Å²) in [6, 6.07) is 3.96. The minimum absolute atomic E-state index is 0.125. The molecule has 1 aromatic heterocycles. The minimum atomic E-state index is -4.59. The molecule has 10 heteroatoms. The van der Waals surface area contributed by atoms with Crippen molar-refractivity contribution in [2.75, 3.05) is 18.4 Å². The highest BCUT2D eigenvalue weighted by Gasteiger charge is 2.34. The number of aliphatic carboxylic acids is 1. The van der Waals surface area contributed by atoms with Crippen molar-refractivity contribution in [1.29, 1.82) is 0 Å². The van der Waals surface area contributed by atoms with Crippen LogP contribution >= 0.6 is 0 Å². The first-order valence-corrected chi connectivity index (χ1v) is 7.39. The summed E-state index contributed by atoms with van der Waals surface area (Å²) in [5, 5.41) is 11.4. The van der Waals surface area contributed by atoms with E-state index in [1.165, 1.54) is 23.1 Å². The second-order valence-electron chi connectivity index (χ2n) is 5.76. The number of H-pyrrole nitrogens is 1. The number of carboxylic acid groups (broad SMARTS) is 1. The molecule has 0 saturated heterocycles. The van der Waals surface area contributed by atoms with Gasteiger partial charge in [-0.3, -0.25) is 14.5 Å². The maximum absolute atomic E-state index is 12.6. The molecule has 1 aromatic carbocycles. The fourth-order valence-electron chi connectivity index (χ4n) is 2.20. The number of aromatic amines is 1. The largest absolute Gasteiger partial charge is 0.480 e. The van der Waals surface area contributed by atoms with Crippen molar-refractivity contribution in [2.24, 2.45) is 0 Å². The fraction of sp³-hybridized carbons (Fsp3) is 0.400. The van der Waals surface area contributed by atoms with Crippen LogP contribution in [0.3, 0.4) is 0 Å². The summed E-state index contributed by atoms with van der Waals surface area (Å²) in [5.41, 5.74) is 0.547. The van der Waals surface area contributed by atoms with Gasteiger partial charge in [0.05, 0.1) is 24.1 Å². The molecule has 0 aliphatic rings. The summed E-state index contributed by atoms with van der Waals surface area (Å²) in [6.45, 7) is 3.06. The first-order chi connectivity index (χ1) is 11.6. The van der Waals surface area contributed by atoms with E-state index in [9.17, 15) is 22.8 Å². The van der Waals surface area contributed by atoms with Gasteiger partial charge in [0.2, 0.25) is 11.7 Å². The Morgan fingerprint density at radius 2 is 2.00 bits per heavy atom. The summed E-state index contributed by atoms with van der Waals surface area (Å²) < 4.78 is 37.9. The number of carbonyl (C=O) groups excluding carboxylic acids is 1. The highest BCUT2D eigenvalue weighted by atomic mass is 19.4. The molecule has 2 aromatic rings. The van der Waals surface area contributed by atoms with Crippen molar-refractivity contribution in [3.8, 4) is 0 Å². The number of hydrogen-bond donors (Lipinski definition) is 3. The second-order valence-corrected chi connectivity index (χ2v) is 5.76. The lowest BCUT2D eigenvalue weighted by atomic mass is 10.2. The van der Waals surface area contributed by atoms with Crippen LogP contribution in [0.25, 0.3) is 11.0 Å². The number of nitrogens with one attached hydrogen (secondary N) is 2. The number of amides is 1. The molecule has 1 heterocycles. The van der Waals surface area contributed by atoms with Gasteiger partial charge < -0.3 is 15.4 Å². The van der Waals surface area contributed by atoms with Gasteiger partial charge in [-0.25, -0.2) is 4.98 Å². The Morgan fingerprint density at radius 3 is 2.56 bits per heavy atom. The minimum Gasteiger partial charge on any atom is -0.480 e. The standard InChI is InChI=1S/C15H17F3N4O3/c1-8(2)22(7-13(24)25)6-12(23)19-9-3-4-10-11(5-9)21-14(20-10)15(16,17)18/h3-5,8H,6-7H2,1-2H3,(H,19,23)(H,20,21)(H,24,25). The third-order valence-electron chi connectivity index (χ3n) is 3.45. The van der Waals surface area contributed by atoms with Gasteiger partial charge >= 0.3 is 12.1 Å². The van der Waals surface area contributed by atoms with E-state index in [0.717, 1.165) is 0 Å². The Kier molecular flexibility index (Phi) is 5.31. The van der Waals surface area contributed by atoms with Crippen molar-refractivity contribution >= 4 is 28.6 Å². The van der Waals surface area contributed by atoms with Crippen LogP contribution in [-0.2, 0) is 15.8 Å². The number of carbonyl (C=O) groups is 2. The van der Waals surface area contributed by atoms with Crippen LogP contribution in [0, 0.1) is 0 Å². The van der Waals surface area contributed by atoms with Gasteiger partial charge in [0, 0.05) is 11.7 Å². The molecule has 25 heavy (non-hydrogen) atoms. The fourth-order valence-corrected chi connectivity index (χ4v) is 2.20.